The first-order valence-electron chi connectivity index (χ1n) is 8.31. The Morgan fingerprint density at radius 1 is 1.17 bits per heavy atom. The summed E-state index contributed by atoms with van der Waals surface area (Å²) >= 11 is 0. The maximum atomic E-state index is 13.1. The lowest BCUT2D eigenvalue weighted by Gasteiger charge is -2.37. The summed E-state index contributed by atoms with van der Waals surface area (Å²) in [6.45, 7) is 5.66. The molecule has 0 aromatic heterocycles. The molecule has 1 aromatic rings. The van der Waals surface area contributed by atoms with Crippen LogP contribution in [-0.2, 0) is 19.5 Å². The molecule has 2 bridgehead atoms. The molecule has 0 spiro atoms. The van der Waals surface area contributed by atoms with Crippen LogP contribution in [0.1, 0.15) is 25.8 Å². The molecule has 7 heteroatoms. The van der Waals surface area contributed by atoms with E-state index < -0.39 is 21.9 Å². The summed E-state index contributed by atoms with van der Waals surface area (Å²) in [5.41, 5.74) is 1.00. The van der Waals surface area contributed by atoms with Gasteiger partial charge in [-0.25, -0.2) is 8.42 Å². The van der Waals surface area contributed by atoms with Crippen molar-refractivity contribution in [1.82, 2.24) is 4.31 Å². The third-order valence-electron chi connectivity index (χ3n) is 5.34. The Morgan fingerprint density at radius 2 is 1.79 bits per heavy atom. The molecule has 6 nitrogen and oxygen atoms in total. The number of β-amino-alcohol motifs (C(OH)–C–C–N with tert-alkyl or cyclic N) is 1. The lowest BCUT2D eigenvalue weighted by atomic mass is 9.96. The number of hydrogen-bond donors (Lipinski definition) is 1. The van der Waals surface area contributed by atoms with Crippen molar-refractivity contribution < 1.29 is 23.0 Å². The number of aliphatic hydroxyl groups excluding tert-OH is 1. The van der Waals surface area contributed by atoms with Crippen molar-refractivity contribution in [3.8, 4) is 0 Å². The fourth-order valence-electron chi connectivity index (χ4n) is 4.23. The third-order valence-corrected chi connectivity index (χ3v) is 7.24. The van der Waals surface area contributed by atoms with Gasteiger partial charge in [0.2, 0.25) is 10.0 Å². The standard InChI is InChI=1S/C17H23NO5S/c1-10-4-6-11(7-5-10)24(20,21)18-9-14(19)12-8-13(18)16-15(12)22-17(2,3)23-16/h4-7,12-16,19H,8-9H2,1-3H3/t12-,13-,14+,15-,16+/m0/s1. The molecule has 1 aromatic carbocycles. The van der Waals surface area contributed by atoms with Gasteiger partial charge in [0, 0.05) is 12.5 Å². The molecule has 2 saturated heterocycles. The minimum atomic E-state index is -3.68. The molecule has 5 atom stereocenters. The van der Waals surface area contributed by atoms with E-state index in [0.717, 1.165) is 5.56 Å². The second-order valence-electron chi connectivity index (χ2n) is 7.49. The van der Waals surface area contributed by atoms with Crippen LogP contribution < -0.4 is 0 Å². The molecule has 2 aliphatic heterocycles. The quantitative estimate of drug-likeness (QED) is 0.866. The van der Waals surface area contributed by atoms with Gasteiger partial charge in [-0.05, 0) is 39.3 Å². The van der Waals surface area contributed by atoms with Gasteiger partial charge in [-0.2, -0.15) is 4.31 Å². The van der Waals surface area contributed by atoms with Gasteiger partial charge in [-0.15, -0.1) is 0 Å². The summed E-state index contributed by atoms with van der Waals surface area (Å²) in [5, 5.41) is 10.5. The van der Waals surface area contributed by atoms with E-state index in [2.05, 4.69) is 0 Å². The molecular weight excluding hydrogens is 330 g/mol. The van der Waals surface area contributed by atoms with E-state index in [1.54, 1.807) is 24.3 Å². The minimum Gasteiger partial charge on any atom is -0.391 e. The van der Waals surface area contributed by atoms with Gasteiger partial charge in [0.15, 0.2) is 5.79 Å². The van der Waals surface area contributed by atoms with Crippen molar-refractivity contribution in [2.75, 3.05) is 6.54 Å². The van der Waals surface area contributed by atoms with Crippen molar-refractivity contribution >= 4 is 10.0 Å². The first kappa shape index (κ1) is 16.5. The largest absolute Gasteiger partial charge is 0.391 e. The van der Waals surface area contributed by atoms with Crippen molar-refractivity contribution in [2.24, 2.45) is 5.92 Å². The number of benzene rings is 1. The molecule has 0 radical (unpaired) electrons. The van der Waals surface area contributed by atoms with Gasteiger partial charge in [0.05, 0.1) is 23.1 Å². The zero-order chi connectivity index (χ0) is 17.3. The lowest BCUT2D eigenvalue weighted by molar-refractivity contribution is -0.171. The van der Waals surface area contributed by atoms with Crippen LogP contribution in [0.4, 0.5) is 0 Å². The normalized spacial score (nSPS) is 38.2. The SMILES string of the molecule is Cc1ccc(S(=O)(=O)N2C[C@@H](O)[C@@H]3C[C@H]2[C@H]2OC(C)(C)O[C@@H]32)cc1. The first-order valence-corrected chi connectivity index (χ1v) is 9.75. The predicted molar refractivity (Wildman–Crippen MR) is 86.8 cm³/mol. The zero-order valence-corrected chi connectivity index (χ0v) is 14.9. The van der Waals surface area contributed by atoms with Crippen molar-refractivity contribution in [2.45, 2.75) is 62.2 Å². The van der Waals surface area contributed by atoms with Gasteiger partial charge >= 0.3 is 0 Å². The molecular formula is C17H23NO5S. The van der Waals surface area contributed by atoms with Crippen LogP contribution in [0.3, 0.4) is 0 Å². The van der Waals surface area contributed by atoms with Gasteiger partial charge in [-0.3, -0.25) is 0 Å². The second-order valence-corrected chi connectivity index (χ2v) is 9.38. The van der Waals surface area contributed by atoms with Crippen LogP contribution >= 0.6 is 0 Å². The lowest BCUT2D eigenvalue weighted by Crippen LogP contribution is -2.51. The maximum absolute atomic E-state index is 13.1. The number of aliphatic hydroxyl groups is 1. The number of fused-ring (bicyclic) bond motifs is 5. The molecule has 1 aliphatic carbocycles. The molecule has 0 unspecified atom stereocenters. The van der Waals surface area contributed by atoms with Gasteiger partial charge in [-0.1, -0.05) is 17.7 Å². The molecule has 132 valence electrons. The summed E-state index contributed by atoms with van der Waals surface area (Å²) in [6, 6.07) is 6.51. The zero-order valence-electron chi connectivity index (χ0n) is 14.0. The Kier molecular flexibility index (Phi) is 3.61. The monoisotopic (exact) mass is 353 g/mol. The van der Waals surface area contributed by atoms with Crippen molar-refractivity contribution in [1.29, 1.82) is 0 Å². The van der Waals surface area contributed by atoms with E-state index in [9.17, 15) is 13.5 Å². The third kappa shape index (κ3) is 2.42. The van der Waals surface area contributed by atoms with Crippen LogP contribution in [0, 0.1) is 12.8 Å². The highest BCUT2D eigenvalue weighted by Crippen LogP contribution is 2.48. The maximum Gasteiger partial charge on any atom is 0.243 e. The van der Waals surface area contributed by atoms with E-state index in [1.807, 2.05) is 20.8 Å². The van der Waals surface area contributed by atoms with Crippen LogP contribution in [0.5, 0.6) is 0 Å². The number of ether oxygens (including phenoxy) is 2. The number of sulfonamides is 1. The molecule has 1 N–H and O–H groups in total. The summed E-state index contributed by atoms with van der Waals surface area (Å²) in [6.07, 6.45) is -0.757. The molecule has 1 saturated carbocycles. The Bertz CT molecular complexity index is 745. The summed E-state index contributed by atoms with van der Waals surface area (Å²) in [4.78, 5) is 0.250. The van der Waals surface area contributed by atoms with E-state index in [-0.39, 0.29) is 35.6 Å². The highest BCUT2D eigenvalue weighted by molar-refractivity contribution is 7.89. The molecule has 0 amide bonds. The predicted octanol–water partition coefficient (Wildman–Crippen LogP) is 1.27. The topological polar surface area (TPSA) is 76.1 Å². The smallest absolute Gasteiger partial charge is 0.243 e. The molecule has 24 heavy (non-hydrogen) atoms. The summed E-state index contributed by atoms with van der Waals surface area (Å²) in [7, 11) is -3.68. The average Bonchev–Trinajstić information content (AvgIpc) is 2.96. The fourth-order valence-corrected chi connectivity index (χ4v) is 5.89. The highest BCUT2D eigenvalue weighted by atomic mass is 32.2. The van der Waals surface area contributed by atoms with Crippen LogP contribution in [0.15, 0.2) is 29.2 Å². The Morgan fingerprint density at radius 3 is 2.46 bits per heavy atom. The van der Waals surface area contributed by atoms with Crippen LogP contribution in [0.25, 0.3) is 0 Å². The van der Waals surface area contributed by atoms with Crippen LogP contribution in [0.2, 0.25) is 0 Å². The number of aryl methyl sites for hydroxylation is 1. The van der Waals surface area contributed by atoms with Gasteiger partial charge in [0.1, 0.15) is 6.10 Å². The molecule has 3 fully saturated rings. The van der Waals surface area contributed by atoms with Gasteiger partial charge < -0.3 is 14.6 Å². The van der Waals surface area contributed by atoms with Gasteiger partial charge in [0.25, 0.3) is 0 Å². The number of hydrogen-bond acceptors (Lipinski definition) is 5. The fraction of sp³-hybridized carbons (Fsp3) is 0.647. The molecule has 4 rings (SSSR count). The summed E-state index contributed by atoms with van der Waals surface area (Å²) in [5.74, 6) is -0.825. The summed E-state index contributed by atoms with van der Waals surface area (Å²) < 4.78 is 39.5. The second kappa shape index (κ2) is 5.25. The number of piperidine rings is 1. The van der Waals surface area contributed by atoms with Crippen LogP contribution in [-0.4, -0.2) is 54.5 Å². The van der Waals surface area contributed by atoms with E-state index in [4.69, 9.17) is 9.47 Å². The van der Waals surface area contributed by atoms with E-state index in [1.165, 1.54) is 4.31 Å². The number of nitrogens with zero attached hydrogens (tertiary/aromatic N) is 1. The highest BCUT2D eigenvalue weighted by Gasteiger charge is 2.61. The average molecular weight is 353 g/mol. The molecule has 3 aliphatic rings. The minimum absolute atomic E-state index is 0.0776. The molecule has 2 heterocycles. The van der Waals surface area contributed by atoms with E-state index in [0.29, 0.717) is 6.42 Å². The first-order chi connectivity index (χ1) is 11.2. The van der Waals surface area contributed by atoms with E-state index >= 15 is 0 Å². The van der Waals surface area contributed by atoms with Crippen molar-refractivity contribution in [3.05, 3.63) is 29.8 Å². The number of rotatable bonds is 2. The Hall–Kier alpha value is -0.990. The Labute approximate surface area is 142 Å². The van der Waals surface area contributed by atoms with Crippen molar-refractivity contribution in [3.63, 3.8) is 0 Å². The Balaban J connectivity index is 1.70.